The molecule has 0 heterocycles. The van der Waals surface area contributed by atoms with Crippen LogP contribution in [0.25, 0.3) is 16.8 Å². The molecule has 2 aromatic carbocycles. The van der Waals surface area contributed by atoms with E-state index < -0.39 is 15.4 Å². The fourth-order valence-corrected chi connectivity index (χ4v) is 3.31. The van der Waals surface area contributed by atoms with Crippen LogP contribution in [0.1, 0.15) is 22.8 Å². The van der Waals surface area contributed by atoms with Crippen LogP contribution in [0.2, 0.25) is 0 Å². The molecule has 92 valence electrons. The van der Waals surface area contributed by atoms with E-state index in [4.69, 9.17) is 0 Å². The van der Waals surface area contributed by atoms with Crippen molar-refractivity contribution in [2.75, 3.05) is 0 Å². The number of rotatable bonds is 1. The van der Waals surface area contributed by atoms with Crippen LogP contribution in [0, 0.1) is 0 Å². The smallest absolute Gasteiger partial charge is 0.272 e. The second kappa shape index (κ2) is 3.93. The molecule has 0 saturated heterocycles. The molecule has 0 spiro atoms. The van der Waals surface area contributed by atoms with Crippen molar-refractivity contribution in [2.45, 2.75) is 11.7 Å². The molecule has 2 aromatic rings. The number of hydrogen-bond acceptors (Lipinski definition) is 2. The molecule has 0 fully saturated rings. The third kappa shape index (κ3) is 1.83. The largest absolute Gasteiger partial charge is 0.285 e. The van der Waals surface area contributed by atoms with Crippen molar-refractivity contribution in [3.63, 3.8) is 0 Å². The maximum atomic E-state index is 11.4. The van der Waals surface area contributed by atoms with Crippen LogP contribution in [0.15, 0.2) is 42.5 Å². The number of allylic oxidation sites excluding steroid dienone is 1. The second-order valence-electron chi connectivity index (χ2n) is 4.47. The minimum atomic E-state index is -4.06. The zero-order valence-electron chi connectivity index (χ0n) is 9.58. The molecule has 1 atom stereocenters. The SMILES string of the molecule is O=S(=O)(O)C1CC=Cc2cc3ccccc3cc21. The van der Waals surface area contributed by atoms with Crippen LogP contribution in [-0.2, 0) is 10.1 Å². The highest BCUT2D eigenvalue weighted by molar-refractivity contribution is 7.86. The Hall–Kier alpha value is -1.65. The lowest BCUT2D eigenvalue weighted by atomic mass is 9.93. The molecule has 0 aromatic heterocycles. The molecular weight excluding hydrogens is 248 g/mol. The van der Waals surface area contributed by atoms with Crippen molar-refractivity contribution in [2.24, 2.45) is 0 Å². The summed E-state index contributed by atoms with van der Waals surface area (Å²) in [5.41, 5.74) is 1.54. The molecule has 4 heteroatoms. The Morgan fingerprint density at radius 2 is 1.78 bits per heavy atom. The van der Waals surface area contributed by atoms with Gasteiger partial charge in [-0.15, -0.1) is 0 Å². The third-order valence-electron chi connectivity index (χ3n) is 3.31. The molecule has 0 radical (unpaired) electrons. The predicted molar refractivity (Wildman–Crippen MR) is 71.9 cm³/mol. The van der Waals surface area contributed by atoms with Crippen molar-refractivity contribution < 1.29 is 13.0 Å². The monoisotopic (exact) mass is 260 g/mol. The van der Waals surface area contributed by atoms with E-state index in [1.807, 2.05) is 42.5 Å². The van der Waals surface area contributed by atoms with Crippen molar-refractivity contribution in [1.82, 2.24) is 0 Å². The van der Waals surface area contributed by atoms with Crippen molar-refractivity contribution in [3.05, 3.63) is 53.6 Å². The highest BCUT2D eigenvalue weighted by Gasteiger charge is 2.28. The normalized spacial score (nSPS) is 18.8. The topological polar surface area (TPSA) is 54.4 Å². The van der Waals surface area contributed by atoms with E-state index in [9.17, 15) is 13.0 Å². The summed E-state index contributed by atoms with van der Waals surface area (Å²) < 4.78 is 32.1. The molecule has 1 aliphatic carbocycles. The quantitative estimate of drug-likeness (QED) is 0.801. The van der Waals surface area contributed by atoms with Gasteiger partial charge in [-0.05, 0) is 40.5 Å². The first-order valence-electron chi connectivity index (χ1n) is 5.71. The zero-order chi connectivity index (χ0) is 12.8. The number of benzene rings is 2. The van der Waals surface area contributed by atoms with Gasteiger partial charge in [-0.2, -0.15) is 8.42 Å². The Labute approximate surface area is 106 Å². The summed E-state index contributed by atoms with van der Waals surface area (Å²) in [6, 6.07) is 11.6. The van der Waals surface area contributed by atoms with E-state index in [1.165, 1.54) is 0 Å². The summed E-state index contributed by atoms with van der Waals surface area (Å²) in [6.07, 6.45) is 4.02. The Bertz CT molecular complexity index is 745. The summed E-state index contributed by atoms with van der Waals surface area (Å²) in [4.78, 5) is 0. The van der Waals surface area contributed by atoms with E-state index in [1.54, 1.807) is 6.08 Å². The Morgan fingerprint density at radius 3 is 2.44 bits per heavy atom. The molecule has 1 N–H and O–H groups in total. The van der Waals surface area contributed by atoms with E-state index in [0.29, 0.717) is 12.0 Å². The first-order chi connectivity index (χ1) is 8.55. The van der Waals surface area contributed by atoms with Crippen LogP contribution in [-0.4, -0.2) is 13.0 Å². The maximum absolute atomic E-state index is 11.4. The van der Waals surface area contributed by atoms with Gasteiger partial charge >= 0.3 is 0 Å². The summed E-state index contributed by atoms with van der Waals surface area (Å²) >= 11 is 0. The molecule has 0 bridgehead atoms. The van der Waals surface area contributed by atoms with E-state index in [-0.39, 0.29) is 0 Å². The molecule has 1 unspecified atom stereocenters. The summed E-state index contributed by atoms with van der Waals surface area (Å²) in [7, 11) is -4.06. The summed E-state index contributed by atoms with van der Waals surface area (Å²) in [5, 5.41) is 1.21. The Kier molecular flexibility index (Phi) is 2.50. The molecule has 18 heavy (non-hydrogen) atoms. The zero-order valence-corrected chi connectivity index (χ0v) is 10.4. The number of hydrogen-bond donors (Lipinski definition) is 1. The summed E-state index contributed by atoms with van der Waals surface area (Å²) in [6.45, 7) is 0. The van der Waals surface area contributed by atoms with Gasteiger partial charge < -0.3 is 0 Å². The van der Waals surface area contributed by atoms with Gasteiger partial charge in [0.2, 0.25) is 0 Å². The van der Waals surface area contributed by atoms with Gasteiger partial charge in [0.25, 0.3) is 10.1 Å². The maximum Gasteiger partial charge on any atom is 0.272 e. The molecule has 3 rings (SSSR count). The van der Waals surface area contributed by atoms with E-state index >= 15 is 0 Å². The molecule has 0 saturated carbocycles. The minimum Gasteiger partial charge on any atom is -0.285 e. The first kappa shape index (κ1) is 11.4. The fourth-order valence-electron chi connectivity index (χ4n) is 2.43. The van der Waals surface area contributed by atoms with Crippen LogP contribution in [0.5, 0.6) is 0 Å². The van der Waals surface area contributed by atoms with Crippen LogP contribution >= 0.6 is 0 Å². The molecular formula is C14H12O3S. The molecule has 3 nitrogen and oxygen atoms in total. The van der Waals surface area contributed by atoms with E-state index in [2.05, 4.69) is 0 Å². The van der Waals surface area contributed by atoms with Gasteiger partial charge in [-0.1, -0.05) is 36.4 Å². The molecule has 0 aliphatic heterocycles. The predicted octanol–water partition coefficient (Wildman–Crippen LogP) is 3.19. The first-order valence-corrected chi connectivity index (χ1v) is 7.21. The Balaban J connectivity index is 2.30. The fraction of sp³-hybridized carbons (Fsp3) is 0.143. The lowest BCUT2D eigenvalue weighted by Crippen LogP contribution is -2.14. The van der Waals surface area contributed by atoms with Crippen LogP contribution in [0.4, 0.5) is 0 Å². The van der Waals surface area contributed by atoms with Crippen molar-refractivity contribution in [1.29, 1.82) is 0 Å². The van der Waals surface area contributed by atoms with Crippen molar-refractivity contribution in [3.8, 4) is 0 Å². The standard InChI is InChI=1S/C14H12O3S/c15-18(16,17)14-7-3-6-12-8-10-4-1-2-5-11(10)9-13(12)14/h1-6,8-9,14H,7H2,(H,15,16,17). The van der Waals surface area contributed by atoms with E-state index in [0.717, 1.165) is 16.3 Å². The van der Waals surface area contributed by atoms with Crippen LogP contribution in [0.3, 0.4) is 0 Å². The van der Waals surface area contributed by atoms with Gasteiger partial charge in [0.15, 0.2) is 0 Å². The number of fused-ring (bicyclic) bond motifs is 2. The van der Waals surface area contributed by atoms with Crippen LogP contribution < -0.4 is 0 Å². The van der Waals surface area contributed by atoms with Gasteiger partial charge in [-0.25, -0.2) is 0 Å². The van der Waals surface area contributed by atoms with Gasteiger partial charge in [-0.3, -0.25) is 4.55 Å². The third-order valence-corrected chi connectivity index (χ3v) is 4.47. The Morgan fingerprint density at radius 1 is 1.11 bits per heavy atom. The average Bonchev–Trinajstić information content (AvgIpc) is 2.34. The molecule has 1 aliphatic rings. The van der Waals surface area contributed by atoms with Gasteiger partial charge in [0, 0.05) is 0 Å². The lowest BCUT2D eigenvalue weighted by molar-refractivity contribution is 0.468. The molecule has 0 amide bonds. The second-order valence-corrected chi connectivity index (χ2v) is 6.07. The lowest BCUT2D eigenvalue weighted by Gasteiger charge is -2.19. The van der Waals surface area contributed by atoms with Gasteiger partial charge in [0.1, 0.15) is 5.25 Å². The average molecular weight is 260 g/mol. The minimum absolute atomic E-state index is 0.324. The summed E-state index contributed by atoms with van der Waals surface area (Å²) in [5.74, 6) is 0. The highest BCUT2D eigenvalue weighted by Crippen LogP contribution is 2.35. The highest BCUT2D eigenvalue weighted by atomic mass is 32.2. The van der Waals surface area contributed by atoms with Crippen molar-refractivity contribution >= 4 is 27.0 Å². The van der Waals surface area contributed by atoms with Gasteiger partial charge in [0.05, 0.1) is 0 Å².